The van der Waals surface area contributed by atoms with E-state index in [0.29, 0.717) is 11.9 Å². The summed E-state index contributed by atoms with van der Waals surface area (Å²) in [6.45, 7) is 2.70. The van der Waals surface area contributed by atoms with Crippen LogP contribution in [0.15, 0.2) is 17.4 Å². The molecule has 2 N–H and O–H groups in total. The Labute approximate surface area is 112 Å². The van der Waals surface area contributed by atoms with Gasteiger partial charge in [-0.3, -0.25) is 9.56 Å². The summed E-state index contributed by atoms with van der Waals surface area (Å²) in [6, 6.07) is 0. The van der Waals surface area contributed by atoms with Gasteiger partial charge in [0, 0.05) is 26.0 Å². The largest absolute Gasteiger partial charge is 0.356 e. The summed E-state index contributed by atoms with van der Waals surface area (Å²) in [7, 11) is 1.64. The lowest BCUT2D eigenvalue weighted by Crippen LogP contribution is -2.38. The summed E-state index contributed by atoms with van der Waals surface area (Å²) in [5.74, 6) is 1.47. The van der Waals surface area contributed by atoms with E-state index < -0.39 is 6.55 Å². The van der Waals surface area contributed by atoms with E-state index in [1.165, 1.54) is 12.4 Å². The zero-order valence-electron chi connectivity index (χ0n) is 11.5. The van der Waals surface area contributed by atoms with Crippen LogP contribution in [-0.4, -0.2) is 29.1 Å². The number of nitrogens with zero attached hydrogens (tertiary/aromatic N) is 3. The van der Waals surface area contributed by atoms with E-state index in [1.54, 1.807) is 7.05 Å². The smallest absolute Gasteiger partial charge is 0.319 e. The van der Waals surface area contributed by atoms with Crippen molar-refractivity contribution in [1.29, 1.82) is 0 Å². The first-order valence-electron chi connectivity index (χ1n) is 6.29. The topological polar surface area (TPSA) is 54.2 Å². The van der Waals surface area contributed by atoms with Gasteiger partial charge >= 0.3 is 6.55 Å². The van der Waals surface area contributed by atoms with Crippen LogP contribution in [0.1, 0.15) is 32.6 Å². The highest BCUT2D eigenvalue weighted by Crippen LogP contribution is 2.11. The summed E-state index contributed by atoms with van der Waals surface area (Å²) in [4.78, 5) is 7.92. The van der Waals surface area contributed by atoms with Gasteiger partial charge in [-0.1, -0.05) is 13.8 Å². The van der Waals surface area contributed by atoms with Crippen molar-refractivity contribution < 1.29 is 8.78 Å². The van der Waals surface area contributed by atoms with Crippen LogP contribution < -0.4 is 10.6 Å². The summed E-state index contributed by atoms with van der Waals surface area (Å²) >= 11 is 0. The zero-order chi connectivity index (χ0) is 14.3. The Morgan fingerprint density at radius 3 is 2.74 bits per heavy atom. The molecule has 0 aliphatic rings. The zero-order valence-corrected chi connectivity index (χ0v) is 11.5. The van der Waals surface area contributed by atoms with Crippen molar-refractivity contribution in [1.82, 2.24) is 20.2 Å². The molecule has 0 spiro atoms. The molecular weight excluding hydrogens is 252 g/mol. The highest BCUT2D eigenvalue weighted by Gasteiger charge is 2.11. The third-order valence-corrected chi connectivity index (χ3v) is 2.61. The molecule has 0 amide bonds. The molecule has 0 aliphatic carbocycles. The number of guanidine groups is 1. The van der Waals surface area contributed by atoms with Gasteiger partial charge in [-0.25, -0.2) is 4.98 Å². The number of imidazole rings is 1. The van der Waals surface area contributed by atoms with Crippen molar-refractivity contribution in [2.45, 2.75) is 33.4 Å². The van der Waals surface area contributed by atoms with Crippen LogP contribution in [0.2, 0.25) is 0 Å². The fourth-order valence-corrected chi connectivity index (χ4v) is 1.52. The number of aromatic nitrogens is 2. The molecular formula is C12H21F2N5. The van der Waals surface area contributed by atoms with Crippen LogP contribution in [0.3, 0.4) is 0 Å². The van der Waals surface area contributed by atoms with E-state index in [-0.39, 0.29) is 12.4 Å². The molecule has 1 heterocycles. The van der Waals surface area contributed by atoms with E-state index in [2.05, 4.69) is 34.5 Å². The van der Waals surface area contributed by atoms with Gasteiger partial charge in [0.2, 0.25) is 0 Å². The monoisotopic (exact) mass is 273 g/mol. The Morgan fingerprint density at radius 2 is 2.16 bits per heavy atom. The second-order valence-electron chi connectivity index (χ2n) is 4.56. The minimum atomic E-state index is -2.57. The Morgan fingerprint density at radius 1 is 1.42 bits per heavy atom. The summed E-state index contributed by atoms with van der Waals surface area (Å²) in [6.07, 6.45) is 3.64. The molecule has 0 unspecified atom stereocenters. The molecule has 7 heteroatoms. The molecule has 0 atom stereocenters. The van der Waals surface area contributed by atoms with Gasteiger partial charge in [0.1, 0.15) is 5.82 Å². The molecule has 0 bridgehead atoms. The van der Waals surface area contributed by atoms with Crippen molar-refractivity contribution in [2.75, 3.05) is 13.6 Å². The first kappa shape index (κ1) is 15.4. The second kappa shape index (κ2) is 7.70. The average molecular weight is 273 g/mol. The fraction of sp³-hybridized carbons (Fsp3) is 0.667. The quantitative estimate of drug-likeness (QED) is 0.615. The van der Waals surface area contributed by atoms with Crippen LogP contribution in [0.5, 0.6) is 0 Å². The van der Waals surface area contributed by atoms with Gasteiger partial charge in [-0.2, -0.15) is 8.78 Å². The molecule has 1 aromatic heterocycles. The maximum absolute atomic E-state index is 12.6. The summed E-state index contributed by atoms with van der Waals surface area (Å²) in [5.41, 5.74) is 0. The van der Waals surface area contributed by atoms with E-state index in [9.17, 15) is 8.78 Å². The first-order chi connectivity index (χ1) is 9.04. The SMILES string of the molecule is CN=C(NCCC(C)C)NCc1nccn1C(F)F. The van der Waals surface area contributed by atoms with Gasteiger partial charge in [-0.15, -0.1) is 0 Å². The van der Waals surface area contributed by atoms with Gasteiger partial charge in [0.15, 0.2) is 5.96 Å². The third-order valence-electron chi connectivity index (χ3n) is 2.61. The number of hydrogen-bond donors (Lipinski definition) is 2. The molecule has 108 valence electrons. The fourth-order valence-electron chi connectivity index (χ4n) is 1.52. The number of alkyl halides is 2. The van der Waals surface area contributed by atoms with Crippen LogP contribution in [0, 0.1) is 5.92 Å². The first-order valence-corrected chi connectivity index (χ1v) is 6.29. The predicted octanol–water partition coefficient (Wildman–Crippen LogP) is 1.99. The van der Waals surface area contributed by atoms with Crippen LogP contribution in [0.25, 0.3) is 0 Å². The molecule has 0 aliphatic heterocycles. The summed E-state index contributed by atoms with van der Waals surface area (Å²) < 4.78 is 26.0. The molecule has 0 fully saturated rings. The lowest BCUT2D eigenvalue weighted by Gasteiger charge is -2.13. The predicted molar refractivity (Wildman–Crippen MR) is 71.1 cm³/mol. The van der Waals surface area contributed by atoms with Crippen LogP contribution in [0.4, 0.5) is 8.78 Å². The minimum absolute atomic E-state index is 0.207. The standard InChI is InChI=1S/C12H21F2N5/c1-9(2)4-5-17-12(15-3)18-8-10-16-6-7-19(10)11(13)14/h6-7,9,11H,4-5,8H2,1-3H3,(H2,15,17,18). The normalized spacial score (nSPS) is 12.3. The maximum atomic E-state index is 12.6. The van der Waals surface area contributed by atoms with Gasteiger partial charge in [-0.05, 0) is 12.3 Å². The van der Waals surface area contributed by atoms with Gasteiger partial charge in [0.05, 0.1) is 6.54 Å². The molecule has 0 radical (unpaired) electrons. The van der Waals surface area contributed by atoms with Crippen molar-refractivity contribution in [3.05, 3.63) is 18.2 Å². The Bertz CT molecular complexity index is 401. The Balaban J connectivity index is 2.43. The molecule has 19 heavy (non-hydrogen) atoms. The molecule has 0 saturated heterocycles. The lowest BCUT2D eigenvalue weighted by molar-refractivity contribution is 0.0668. The highest BCUT2D eigenvalue weighted by molar-refractivity contribution is 5.79. The molecule has 1 rings (SSSR count). The van der Waals surface area contributed by atoms with Crippen molar-refractivity contribution in [2.24, 2.45) is 10.9 Å². The van der Waals surface area contributed by atoms with E-state index in [1.807, 2.05) is 0 Å². The number of halogens is 2. The van der Waals surface area contributed by atoms with Crippen molar-refractivity contribution >= 4 is 5.96 Å². The van der Waals surface area contributed by atoms with Gasteiger partial charge < -0.3 is 10.6 Å². The van der Waals surface area contributed by atoms with E-state index in [0.717, 1.165) is 17.5 Å². The molecule has 0 aromatic carbocycles. The highest BCUT2D eigenvalue weighted by atomic mass is 19.3. The Hall–Kier alpha value is -1.66. The third kappa shape index (κ3) is 5.23. The lowest BCUT2D eigenvalue weighted by atomic mass is 10.1. The van der Waals surface area contributed by atoms with E-state index >= 15 is 0 Å². The molecule has 1 aromatic rings. The second-order valence-corrected chi connectivity index (χ2v) is 4.56. The van der Waals surface area contributed by atoms with Crippen molar-refractivity contribution in [3.8, 4) is 0 Å². The minimum Gasteiger partial charge on any atom is -0.356 e. The number of nitrogens with one attached hydrogen (secondary N) is 2. The van der Waals surface area contributed by atoms with Crippen LogP contribution in [-0.2, 0) is 6.54 Å². The van der Waals surface area contributed by atoms with Crippen LogP contribution >= 0.6 is 0 Å². The van der Waals surface area contributed by atoms with Crippen molar-refractivity contribution in [3.63, 3.8) is 0 Å². The number of aliphatic imine (C=N–C) groups is 1. The molecule has 0 saturated carbocycles. The maximum Gasteiger partial charge on any atom is 0.319 e. The number of rotatable bonds is 6. The van der Waals surface area contributed by atoms with Gasteiger partial charge in [0.25, 0.3) is 0 Å². The number of hydrogen-bond acceptors (Lipinski definition) is 2. The molecule has 5 nitrogen and oxygen atoms in total. The Kier molecular flexibility index (Phi) is 6.24. The average Bonchev–Trinajstić information content (AvgIpc) is 2.81. The van der Waals surface area contributed by atoms with E-state index in [4.69, 9.17) is 0 Å². The summed E-state index contributed by atoms with van der Waals surface area (Å²) in [5, 5.41) is 6.09.